The van der Waals surface area contributed by atoms with Gasteiger partial charge in [-0.2, -0.15) is 0 Å². The Morgan fingerprint density at radius 2 is 2.00 bits per heavy atom. The lowest BCUT2D eigenvalue weighted by Crippen LogP contribution is -2.29. The Morgan fingerprint density at radius 1 is 1.29 bits per heavy atom. The van der Waals surface area contributed by atoms with Crippen LogP contribution in [0, 0.1) is 11.8 Å². The second kappa shape index (κ2) is 2.40. The molecule has 0 radical (unpaired) electrons. The fourth-order valence-electron chi connectivity index (χ4n) is 3.17. The zero-order valence-electron chi connectivity index (χ0n) is 8.70. The van der Waals surface area contributed by atoms with Crippen molar-refractivity contribution in [1.82, 2.24) is 0 Å². The number of aliphatic hydroxyl groups is 1. The first kappa shape index (κ1) is 8.49. The molecular formula is C13H16O. The van der Waals surface area contributed by atoms with Gasteiger partial charge in [-0.05, 0) is 34.8 Å². The first-order chi connectivity index (χ1) is 6.62. The molecule has 1 N–H and O–H groups in total. The van der Waals surface area contributed by atoms with E-state index in [2.05, 4.69) is 32.0 Å². The maximum Gasteiger partial charge on any atom is 0.0824 e. The summed E-state index contributed by atoms with van der Waals surface area (Å²) < 4.78 is 0. The molecule has 0 aromatic heterocycles. The normalized spacial score (nSPS) is 37.2. The van der Waals surface area contributed by atoms with E-state index in [9.17, 15) is 5.11 Å². The smallest absolute Gasteiger partial charge is 0.0824 e. The number of hydrogen-bond donors (Lipinski definition) is 1. The standard InChI is InChI=1S/C13H16O/c1-13(2)10-6-4-3-5-8(10)12(14)9-7-11(9)13/h3-6,9,11-12,14H,7H2,1-2H3/t9-,11+,12-/m0/s1. The van der Waals surface area contributed by atoms with Crippen LogP contribution in [-0.4, -0.2) is 5.11 Å². The van der Waals surface area contributed by atoms with E-state index in [-0.39, 0.29) is 11.5 Å². The summed E-state index contributed by atoms with van der Waals surface area (Å²) in [6.45, 7) is 4.62. The fraction of sp³-hybridized carbons (Fsp3) is 0.538. The predicted octanol–water partition coefficient (Wildman–Crippen LogP) is 2.65. The maximum atomic E-state index is 10.1. The van der Waals surface area contributed by atoms with Gasteiger partial charge >= 0.3 is 0 Å². The third kappa shape index (κ3) is 0.885. The molecule has 0 saturated heterocycles. The van der Waals surface area contributed by atoms with Crippen LogP contribution in [0.15, 0.2) is 24.3 Å². The van der Waals surface area contributed by atoms with Gasteiger partial charge in [0.15, 0.2) is 0 Å². The van der Waals surface area contributed by atoms with Gasteiger partial charge in [0, 0.05) is 0 Å². The lowest BCUT2D eigenvalue weighted by Gasteiger charge is -2.34. The molecule has 1 saturated carbocycles. The highest BCUT2D eigenvalue weighted by molar-refractivity contribution is 5.41. The highest BCUT2D eigenvalue weighted by Crippen LogP contribution is 2.62. The van der Waals surface area contributed by atoms with Gasteiger partial charge in [-0.1, -0.05) is 38.1 Å². The molecule has 1 heteroatoms. The highest BCUT2D eigenvalue weighted by atomic mass is 16.3. The summed E-state index contributed by atoms with van der Waals surface area (Å²) in [7, 11) is 0. The molecule has 1 aromatic carbocycles. The van der Waals surface area contributed by atoms with E-state index in [1.807, 2.05) is 6.07 Å². The van der Waals surface area contributed by atoms with E-state index in [4.69, 9.17) is 0 Å². The van der Waals surface area contributed by atoms with Crippen molar-refractivity contribution in [3.05, 3.63) is 35.4 Å². The van der Waals surface area contributed by atoms with Crippen molar-refractivity contribution in [2.45, 2.75) is 31.8 Å². The van der Waals surface area contributed by atoms with Crippen molar-refractivity contribution >= 4 is 0 Å². The van der Waals surface area contributed by atoms with Gasteiger partial charge in [0.2, 0.25) is 0 Å². The molecule has 74 valence electrons. The molecule has 0 amide bonds. The molecule has 0 spiro atoms. The van der Waals surface area contributed by atoms with Gasteiger partial charge in [0.05, 0.1) is 6.10 Å². The number of aliphatic hydroxyl groups excluding tert-OH is 1. The van der Waals surface area contributed by atoms with E-state index in [0.29, 0.717) is 11.8 Å². The largest absolute Gasteiger partial charge is 0.388 e. The first-order valence-corrected chi connectivity index (χ1v) is 5.40. The second-order valence-corrected chi connectivity index (χ2v) is 5.26. The van der Waals surface area contributed by atoms with Crippen molar-refractivity contribution in [1.29, 1.82) is 0 Å². The molecule has 2 aliphatic rings. The molecule has 0 bridgehead atoms. The van der Waals surface area contributed by atoms with E-state index >= 15 is 0 Å². The summed E-state index contributed by atoms with van der Waals surface area (Å²) in [5.74, 6) is 1.23. The Kier molecular flexibility index (Phi) is 1.46. The van der Waals surface area contributed by atoms with Crippen molar-refractivity contribution < 1.29 is 5.11 Å². The third-order valence-corrected chi connectivity index (χ3v) is 4.15. The van der Waals surface area contributed by atoms with E-state index in [1.165, 1.54) is 12.0 Å². The van der Waals surface area contributed by atoms with Crippen LogP contribution in [0.25, 0.3) is 0 Å². The molecule has 1 nitrogen and oxygen atoms in total. The van der Waals surface area contributed by atoms with Gasteiger partial charge in [-0.25, -0.2) is 0 Å². The van der Waals surface area contributed by atoms with Crippen LogP contribution in [-0.2, 0) is 5.41 Å². The lowest BCUT2D eigenvalue weighted by molar-refractivity contribution is 0.125. The Morgan fingerprint density at radius 3 is 2.79 bits per heavy atom. The van der Waals surface area contributed by atoms with Gasteiger partial charge in [0.1, 0.15) is 0 Å². The number of hydrogen-bond acceptors (Lipinski definition) is 1. The van der Waals surface area contributed by atoms with Crippen LogP contribution in [0.5, 0.6) is 0 Å². The van der Waals surface area contributed by atoms with Crippen LogP contribution >= 0.6 is 0 Å². The SMILES string of the molecule is CC1(C)c2ccccc2[C@H](O)[C@H]2C[C@H]21. The lowest BCUT2D eigenvalue weighted by atomic mass is 9.71. The van der Waals surface area contributed by atoms with Crippen LogP contribution in [0.4, 0.5) is 0 Å². The minimum atomic E-state index is -0.204. The summed E-state index contributed by atoms with van der Waals surface area (Å²) in [5.41, 5.74) is 2.78. The molecule has 2 aliphatic carbocycles. The first-order valence-electron chi connectivity index (χ1n) is 5.40. The Balaban J connectivity index is 2.21. The zero-order valence-corrected chi connectivity index (χ0v) is 8.70. The third-order valence-electron chi connectivity index (χ3n) is 4.15. The predicted molar refractivity (Wildman–Crippen MR) is 56.0 cm³/mol. The minimum Gasteiger partial charge on any atom is -0.388 e. The summed E-state index contributed by atoms with van der Waals surface area (Å²) >= 11 is 0. The van der Waals surface area contributed by atoms with Crippen LogP contribution in [0.1, 0.15) is 37.5 Å². The monoisotopic (exact) mass is 188 g/mol. The molecule has 14 heavy (non-hydrogen) atoms. The topological polar surface area (TPSA) is 20.2 Å². The number of fused-ring (bicyclic) bond motifs is 2. The molecule has 3 rings (SSSR count). The number of rotatable bonds is 0. The van der Waals surface area contributed by atoms with E-state index in [0.717, 1.165) is 5.56 Å². The summed E-state index contributed by atoms with van der Waals surface area (Å²) in [5, 5.41) is 10.1. The molecule has 0 aliphatic heterocycles. The Hall–Kier alpha value is -0.820. The molecule has 3 atom stereocenters. The van der Waals surface area contributed by atoms with Gasteiger partial charge in [-0.15, -0.1) is 0 Å². The van der Waals surface area contributed by atoms with Crippen molar-refractivity contribution in [3.63, 3.8) is 0 Å². The van der Waals surface area contributed by atoms with E-state index < -0.39 is 0 Å². The minimum absolute atomic E-state index is 0.204. The molecule has 0 heterocycles. The maximum absolute atomic E-state index is 10.1. The summed E-state index contributed by atoms with van der Waals surface area (Å²) in [6, 6.07) is 8.36. The highest BCUT2D eigenvalue weighted by Gasteiger charge is 2.56. The van der Waals surface area contributed by atoms with Crippen LogP contribution < -0.4 is 0 Å². The van der Waals surface area contributed by atoms with Crippen molar-refractivity contribution in [3.8, 4) is 0 Å². The molecule has 1 aromatic rings. The Bertz CT molecular complexity index is 381. The summed E-state index contributed by atoms with van der Waals surface area (Å²) in [4.78, 5) is 0. The average molecular weight is 188 g/mol. The average Bonchev–Trinajstić information content (AvgIpc) is 2.95. The summed E-state index contributed by atoms with van der Waals surface area (Å²) in [6.07, 6.45) is 0.993. The molecular weight excluding hydrogens is 172 g/mol. The zero-order chi connectivity index (χ0) is 9.92. The molecule has 1 fully saturated rings. The van der Waals surface area contributed by atoms with Crippen LogP contribution in [0.3, 0.4) is 0 Å². The van der Waals surface area contributed by atoms with Gasteiger partial charge < -0.3 is 5.11 Å². The number of benzene rings is 1. The van der Waals surface area contributed by atoms with Crippen molar-refractivity contribution in [2.75, 3.05) is 0 Å². The van der Waals surface area contributed by atoms with Crippen molar-refractivity contribution in [2.24, 2.45) is 11.8 Å². The fourth-order valence-corrected chi connectivity index (χ4v) is 3.17. The Labute approximate surface area is 84.8 Å². The van der Waals surface area contributed by atoms with Gasteiger partial charge in [-0.3, -0.25) is 0 Å². The second-order valence-electron chi connectivity index (χ2n) is 5.26. The van der Waals surface area contributed by atoms with Gasteiger partial charge in [0.25, 0.3) is 0 Å². The quantitative estimate of drug-likeness (QED) is 0.663. The van der Waals surface area contributed by atoms with E-state index in [1.54, 1.807) is 0 Å². The van der Waals surface area contributed by atoms with Crippen LogP contribution in [0.2, 0.25) is 0 Å². The molecule has 0 unspecified atom stereocenters.